The Morgan fingerprint density at radius 3 is 2.94 bits per heavy atom. The number of rotatable bonds is 4. The quantitative estimate of drug-likeness (QED) is 0.879. The highest BCUT2D eigenvalue weighted by Gasteiger charge is 2.33. The molecule has 2 unspecified atom stereocenters. The molecule has 0 aromatic carbocycles. The minimum atomic E-state index is -0.207. The van der Waals surface area contributed by atoms with Gasteiger partial charge in [0, 0.05) is 12.6 Å². The molecule has 88 valence electrons. The first-order chi connectivity index (χ1) is 7.63. The van der Waals surface area contributed by atoms with Crippen molar-refractivity contribution >= 4 is 17.3 Å². The number of nitrogens with one attached hydrogen (secondary N) is 1. The number of halogens is 1. The number of aromatic nitrogens is 2. The highest BCUT2D eigenvalue weighted by atomic mass is 35.5. The lowest BCUT2D eigenvalue weighted by Crippen LogP contribution is -2.24. The third kappa shape index (κ3) is 2.21. The average molecular weight is 242 g/mol. The van der Waals surface area contributed by atoms with Crippen LogP contribution in [0.5, 0.6) is 0 Å². The molecule has 0 bridgehead atoms. The van der Waals surface area contributed by atoms with Crippen LogP contribution in [0.25, 0.3) is 0 Å². The van der Waals surface area contributed by atoms with Gasteiger partial charge in [0.15, 0.2) is 0 Å². The van der Waals surface area contributed by atoms with Gasteiger partial charge in [0.25, 0.3) is 5.56 Å². The van der Waals surface area contributed by atoms with E-state index in [0.29, 0.717) is 24.2 Å². The Morgan fingerprint density at radius 1 is 1.69 bits per heavy atom. The first kappa shape index (κ1) is 11.5. The smallest absolute Gasteiger partial charge is 0.287 e. The summed E-state index contributed by atoms with van der Waals surface area (Å²) in [6, 6.07) is 0.445. The maximum Gasteiger partial charge on any atom is 0.287 e. The van der Waals surface area contributed by atoms with E-state index in [1.807, 2.05) is 6.92 Å². The van der Waals surface area contributed by atoms with E-state index in [1.54, 1.807) is 6.20 Å². The van der Waals surface area contributed by atoms with Crippen molar-refractivity contribution in [2.45, 2.75) is 39.3 Å². The molecule has 2 atom stereocenters. The Hall–Kier alpha value is -1.03. The number of hydrogen-bond acceptors (Lipinski definition) is 3. The van der Waals surface area contributed by atoms with Crippen LogP contribution in [0.1, 0.15) is 26.7 Å². The molecule has 4 nitrogen and oxygen atoms in total. The molecule has 0 aliphatic heterocycles. The molecule has 2 rings (SSSR count). The van der Waals surface area contributed by atoms with Crippen LogP contribution in [0.15, 0.2) is 11.0 Å². The number of anilines is 1. The molecule has 1 aromatic rings. The van der Waals surface area contributed by atoms with Crippen molar-refractivity contribution in [1.82, 2.24) is 9.78 Å². The van der Waals surface area contributed by atoms with Crippen LogP contribution in [0.2, 0.25) is 5.02 Å². The van der Waals surface area contributed by atoms with Crippen molar-refractivity contribution in [3.05, 3.63) is 21.6 Å². The number of aryl methyl sites for hydroxylation is 1. The van der Waals surface area contributed by atoms with E-state index in [0.717, 1.165) is 12.8 Å². The lowest BCUT2D eigenvalue weighted by Gasteiger charge is -2.09. The first-order valence-corrected chi connectivity index (χ1v) is 6.03. The normalized spacial score (nSPS) is 23.2. The molecule has 0 radical (unpaired) electrons. The third-order valence-corrected chi connectivity index (χ3v) is 3.24. The highest BCUT2D eigenvalue weighted by Crippen LogP contribution is 2.33. The largest absolute Gasteiger partial charge is 0.379 e. The Labute approximate surface area is 99.6 Å². The fourth-order valence-corrected chi connectivity index (χ4v) is 1.86. The van der Waals surface area contributed by atoms with Crippen LogP contribution >= 0.6 is 11.6 Å². The Morgan fingerprint density at radius 2 is 2.38 bits per heavy atom. The lowest BCUT2D eigenvalue weighted by molar-refractivity contribution is 0.568. The molecule has 0 saturated heterocycles. The maximum absolute atomic E-state index is 11.8. The molecular weight excluding hydrogens is 226 g/mol. The fraction of sp³-hybridized carbons (Fsp3) is 0.636. The fourth-order valence-electron chi connectivity index (χ4n) is 1.66. The van der Waals surface area contributed by atoms with Gasteiger partial charge in [0.2, 0.25) is 0 Å². The van der Waals surface area contributed by atoms with E-state index < -0.39 is 0 Å². The average Bonchev–Trinajstić information content (AvgIpc) is 2.94. The van der Waals surface area contributed by atoms with Crippen LogP contribution in [0, 0.1) is 5.92 Å². The molecular formula is C11H16ClN3O. The van der Waals surface area contributed by atoms with E-state index in [1.165, 1.54) is 4.68 Å². The molecule has 0 amide bonds. The molecule has 1 fully saturated rings. The second-order valence-electron chi connectivity index (χ2n) is 4.36. The predicted octanol–water partition coefficient (Wildman–Crippen LogP) is 2.13. The van der Waals surface area contributed by atoms with E-state index in [9.17, 15) is 4.79 Å². The monoisotopic (exact) mass is 241 g/mol. The van der Waals surface area contributed by atoms with E-state index in [4.69, 9.17) is 11.6 Å². The second kappa shape index (κ2) is 4.45. The van der Waals surface area contributed by atoms with Gasteiger partial charge in [-0.3, -0.25) is 4.79 Å². The molecule has 1 N–H and O–H groups in total. The Kier molecular flexibility index (Phi) is 3.19. The molecule has 0 spiro atoms. The van der Waals surface area contributed by atoms with Crippen LogP contribution < -0.4 is 10.9 Å². The van der Waals surface area contributed by atoms with Gasteiger partial charge >= 0.3 is 0 Å². The van der Waals surface area contributed by atoms with Crippen LogP contribution in [0.4, 0.5) is 5.69 Å². The minimum absolute atomic E-state index is 0.207. The standard InChI is InChI=1S/C11H16ClN3O/c1-3-4-15-11(16)10(12)9(6-13-15)14-8-5-7(8)2/h6-8,14H,3-5H2,1-2H3. The summed E-state index contributed by atoms with van der Waals surface area (Å²) in [5, 5.41) is 7.58. The third-order valence-electron chi connectivity index (χ3n) is 2.87. The summed E-state index contributed by atoms with van der Waals surface area (Å²) < 4.78 is 1.41. The van der Waals surface area contributed by atoms with Crippen LogP contribution in [0.3, 0.4) is 0 Å². The van der Waals surface area contributed by atoms with Gasteiger partial charge in [0.1, 0.15) is 5.02 Å². The predicted molar refractivity (Wildman–Crippen MR) is 65.0 cm³/mol. The number of hydrogen-bond donors (Lipinski definition) is 1. The second-order valence-corrected chi connectivity index (χ2v) is 4.74. The van der Waals surface area contributed by atoms with Gasteiger partial charge in [0.05, 0.1) is 11.9 Å². The summed E-state index contributed by atoms with van der Waals surface area (Å²) in [5.41, 5.74) is 0.454. The maximum atomic E-state index is 11.8. The van der Waals surface area contributed by atoms with Gasteiger partial charge < -0.3 is 5.32 Å². The van der Waals surface area contributed by atoms with E-state index in [2.05, 4.69) is 17.3 Å². The molecule has 1 aliphatic rings. The van der Waals surface area contributed by atoms with Crippen molar-refractivity contribution in [3.63, 3.8) is 0 Å². The van der Waals surface area contributed by atoms with Gasteiger partial charge in [-0.25, -0.2) is 4.68 Å². The Balaban J connectivity index is 2.21. The SMILES string of the molecule is CCCn1ncc(NC2CC2C)c(Cl)c1=O. The van der Waals surface area contributed by atoms with Gasteiger partial charge in [-0.2, -0.15) is 5.10 Å². The summed E-state index contributed by atoms with van der Waals surface area (Å²) in [6.07, 6.45) is 3.65. The molecule has 1 aliphatic carbocycles. The first-order valence-electron chi connectivity index (χ1n) is 5.65. The molecule has 1 saturated carbocycles. The van der Waals surface area contributed by atoms with Crippen molar-refractivity contribution < 1.29 is 0 Å². The zero-order chi connectivity index (χ0) is 11.7. The summed E-state index contributed by atoms with van der Waals surface area (Å²) in [4.78, 5) is 11.8. The van der Waals surface area contributed by atoms with Gasteiger partial charge in [-0.05, 0) is 18.8 Å². The van der Waals surface area contributed by atoms with Crippen molar-refractivity contribution in [1.29, 1.82) is 0 Å². The topological polar surface area (TPSA) is 46.9 Å². The summed E-state index contributed by atoms with van der Waals surface area (Å²) in [5.74, 6) is 0.661. The molecule has 1 aromatic heterocycles. The summed E-state index contributed by atoms with van der Waals surface area (Å²) in [6.45, 7) is 4.77. The van der Waals surface area contributed by atoms with Gasteiger partial charge in [-0.15, -0.1) is 0 Å². The van der Waals surface area contributed by atoms with E-state index in [-0.39, 0.29) is 10.6 Å². The highest BCUT2D eigenvalue weighted by molar-refractivity contribution is 6.32. The van der Waals surface area contributed by atoms with Crippen molar-refractivity contribution in [2.75, 3.05) is 5.32 Å². The molecule has 1 heterocycles. The minimum Gasteiger partial charge on any atom is -0.379 e. The lowest BCUT2D eigenvalue weighted by atomic mass is 10.4. The Bertz CT molecular complexity index is 443. The number of nitrogens with zero attached hydrogens (tertiary/aromatic N) is 2. The van der Waals surface area contributed by atoms with Crippen molar-refractivity contribution in [3.8, 4) is 0 Å². The van der Waals surface area contributed by atoms with Crippen LogP contribution in [-0.2, 0) is 6.54 Å². The van der Waals surface area contributed by atoms with Gasteiger partial charge in [-0.1, -0.05) is 25.4 Å². The summed E-state index contributed by atoms with van der Waals surface area (Å²) >= 11 is 6.02. The zero-order valence-electron chi connectivity index (χ0n) is 9.53. The van der Waals surface area contributed by atoms with Crippen LogP contribution in [-0.4, -0.2) is 15.8 Å². The van der Waals surface area contributed by atoms with E-state index >= 15 is 0 Å². The molecule has 5 heteroatoms. The zero-order valence-corrected chi connectivity index (χ0v) is 10.3. The summed E-state index contributed by atoms with van der Waals surface area (Å²) in [7, 11) is 0. The van der Waals surface area contributed by atoms with Crippen molar-refractivity contribution in [2.24, 2.45) is 5.92 Å². The molecule has 16 heavy (non-hydrogen) atoms.